The molecule has 2 unspecified atom stereocenters. The van der Waals surface area contributed by atoms with Crippen LogP contribution in [0.3, 0.4) is 0 Å². The van der Waals surface area contributed by atoms with Gasteiger partial charge in [-0.15, -0.1) is 0 Å². The van der Waals surface area contributed by atoms with E-state index >= 15 is 0 Å². The molecule has 0 spiro atoms. The lowest BCUT2D eigenvalue weighted by molar-refractivity contribution is 0.0676. The number of para-hydroxylation sites is 2. The van der Waals surface area contributed by atoms with Crippen molar-refractivity contribution in [2.24, 2.45) is 5.92 Å². The molecular formula is C21H27N3O3. The predicted molar refractivity (Wildman–Crippen MR) is 105 cm³/mol. The second kappa shape index (κ2) is 7.74. The zero-order chi connectivity index (χ0) is 18.8. The number of aliphatic hydroxyl groups is 1. The number of pyridine rings is 1. The van der Waals surface area contributed by atoms with Gasteiger partial charge < -0.3 is 19.7 Å². The van der Waals surface area contributed by atoms with E-state index in [1.54, 1.807) is 13.2 Å². The van der Waals surface area contributed by atoms with Gasteiger partial charge in [-0.2, -0.15) is 0 Å². The largest absolute Gasteiger partial charge is 0.495 e. The van der Waals surface area contributed by atoms with Gasteiger partial charge >= 0.3 is 0 Å². The van der Waals surface area contributed by atoms with Gasteiger partial charge in [0.2, 0.25) is 0 Å². The Balaban J connectivity index is 1.36. The number of benzene rings is 1. The van der Waals surface area contributed by atoms with Gasteiger partial charge in [0.25, 0.3) is 5.56 Å². The molecule has 2 N–H and O–H groups in total. The highest BCUT2D eigenvalue weighted by molar-refractivity contribution is 5.56. The van der Waals surface area contributed by atoms with E-state index in [0.29, 0.717) is 24.9 Å². The molecular weight excluding hydrogens is 342 g/mol. The summed E-state index contributed by atoms with van der Waals surface area (Å²) in [6.45, 7) is 3.72. The molecule has 1 fully saturated rings. The third-order valence-corrected chi connectivity index (χ3v) is 5.66. The Labute approximate surface area is 159 Å². The number of piperidine rings is 1. The SMILES string of the molecule is COc1ccccc1NCC(O)CN1CC2C[C@@H](C1)c1cccc(=O)n1C2. The van der Waals surface area contributed by atoms with Crippen molar-refractivity contribution in [1.29, 1.82) is 0 Å². The van der Waals surface area contributed by atoms with Crippen LogP contribution in [0.2, 0.25) is 0 Å². The lowest BCUT2D eigenvalue weighted by Crippen LogP contribution is -2.49. The number of fused-ring (bicyclic) bond motifs is 4. The van der Waals surface area contributed by atoms with Crippen molar-refractivity contribution >= 4 is 5.69 Å². The van der Waals surface area contributed by atoms with Crippen LogP contribution in [0.1, 0.15) is 18.0 Å². The van der Waals surface area contributed by atoms with Gasteiger partial charge in [-0.05, 0) is 30.5 Å². The van der Waals surface area contributed by atoms with Gasteiger partial charge in [0, 0.05) is 50.4 Å². The second-order valence-corrected chi connectivity index (χ2v) is 7.65. The smallest absolute Gasteiger partial charge is 0.250 e. The van der Waals surface area contributed by atoms with Crippen LogP contribution < -0.4 is 15.6 Å². The molecule has 0 aliphatic carbocycles. The summed E-state index contributed by atoms with van der Waals surface area (Å²) in [5.74, 6) is 1.63. The zero-order valence-electron chi connectivity index (χ0n) is 15.7. The van der Waals surface area contributed by atoms with Crippen LogP contribution in [0.25, 0.3) is 0 Å². The highest BCUT2D eigenvalue weighted by atomic mass is 16.5. The Morgan fingerprint density at radius 2 is 2.04 bits per heavy atom. The van der Waals surface area contributed by atoms with Crippen LogP contribution >= 0.6 is 0 Å². The van der Waals surface area contributed by atoms with Crippen molar-refractivity contribution in [1.82, 2.24) is 9.47 Å². The van der Waals surface area contributed by atoms with E-state index in [2.05, 4.69) is 16.3 Å². The van der Waals surface area contributed by atoms with E-state index in [1.807, 2.05) is 34.9 Å². The van der Waals surface area contributed by atoms with E-state index in [9.17, 15) is 9.90 Å². The van der Waals surface area contributed by atoms with E-state index < -0.39 is 6.10 Å². The fourth-order valence-corrected chi connectivity index (χ4v) is 4.53. The molecule has 1 saturated heterocycles. The van der Waals surface area contributed by atoms with Crippen LogP contribution in [0, 0.1) is 5.92 Å². The molecule has 0 saturated carbocycles. The van der Waals surface area contributed by atoms with Crippen molar-refractivity contribution in [2.45, 2.75) is 25.0 Å². The maximum absolute atomic E-state index is 12.1. The molecule has 4 rings (SSSR count). The summed E-state index contributed by atoms with van der Waals surface area (Å²) < 4.78 is 7.28. The summed E-state index contributed by atoms with van der Waals surface area (Å²) >= 11 is 0. The maximum Gasteiger partial charge on any atom is 0.250 e. The van der Waals surface area contributed by atoms with Gasteiger partial charge in [0.1, 0.15) is 5.75 Å². The van der Waals surface area contributed by atoms with Crippen LogP contribution in [-0.2, 0) is 6.54 Å². The molecule has 1 aromatic heterocycles. The molecule has 0 radical (unpaired) electrons. The topological polar surface area (TPSA) is 66.7 Å². The number of nitrogens with zero attached hydrogens (tertiary/aromatic N) is 2. The number of nitrogens with one attached hydrogen (secondary N) is 1. The highest BCUT2D eigenvalue weighted by Crippen LogP contribution is 2.34. The number of anilines is 1. The fourth-order valence-electron chi connectivity index (χ4n) is 4.53. The number of methoxy groups -OCH3 is 1. The molecule has 0 amide bonds. The lowest BCUT2D eigenvalue weighted by Gasteiger charge is -2.43. The van der Waals surface area contributed by atoms with Gasteiger partial charge in [-0.1, -0.05) is 18.2 Å². The number of β-amino-alcohol motifs (C(OH)–C–C–N with tert-alkyl or cyclic N) is 1. The summed E-state index contributed by atoms with van der Waals surface area (Å²) in [6.07, 6.45) is 0.668. The third-order valence-electron chi connectivity index (χ3n) is 5.66. The van der Waals surface area contributed by atoms with Gasteiger partial charge in [-0.25, -0.2) is 0 Å². The minimum atomic E-state index is -0.466. The average molecular weight is 369 g/mol. The average Bonchev–Trinajstić information content (AvgIpc) is 2.67. The molecule has 144 valence electrons. The molecule has 2 aliphatic heterocycles. The summed E-state index contributed by atoms with van der Waals surface area (Å²) in [5, 5.41) is 13.8. The standard InChI is InChI=1S/C21H27N3O3/c1-27-20-7-3-2-5-18(20)22-10-17(25)14-23-11-15-9-16(13-23)19-6-4-8-21(26)24(19)12-15/h2-8,15-17,22,25H,9-14H2,1H3/t15?,16-,17?/m0/s1. The number of hydrogen-bond donors (Lipinski definition) is 2. The molecule has 3 heterocycles. The normalized spacial score (nSPS) is 22.7. The summed E-state index contributed by atoms with van der Waals surface area (Å²) in [7, 11) is 1.65. The van der Waals surface area contributed by atoms with Crippen LogP contribution in [0.15, 0.2) is 47.3 Å². The molecule has 2 aliphatic rings. The molecule has 6 heteroatoms. The van der Waals surface area contributed by atoms with Crippen molar-refractivity contribution in [3.05, 3.63) is 58.5 Å². The molecule has 2 aromatic rings. The minimum Gasteiger partial charge on any atom is -0.495 e. The Morgan fingerprint density at radius 3 is 2.89 bits per heavy atom. The first-order valence-corrected chi connectivity index (χ1v) is 9.61. The van der Waals surface area contributed by atoms with Crippen LogP contribution in [0.5, 0.6) is 5.75 Å². The second-order valence-electron chi connectivity index (χ2n) is 7.65. The van der Waals surface area contributed by atoms with Gasteiger partial charge in [-0.3, -0.25) is 9.69 Å². The predicted octanol–water partition coefficient (Wildman–Crippen LogP) is 1.75. The summed E-state index contributed by atoms with van der Waals surface area (Å²) in [5.41, 5.74) is 2.14. The number of ether oxygens (including phenoxy) is 1. The van der Waals surface area contributed by atoms with E-state index in [0.717, 1.165) is 43.2 Å². The van der Waals surface area contributed by atoms with Crippen molar-refractivity contribution in [3.63, 3.8) is 0 Å². The lowest BCUT2D eigenvalue weighted by atomic mass is 9.83. The number of likely N-dealkylation sites (tertiary alicyclic amines) is 1. The first-order valence-electron chi connectivity index (χ1n) is 9.61. The molecule has 6 nitrogen and oxygen atoms in total. The molecule has 2 bridgehead atoms. The Kier molecular flexibility index (Phi) is 5.18. The number of rotatable bonds is 6. The van der Waals surface area contributed by atoms with E-state index in [4.69, 9.17) is 4.74 Å². The monoisotopic (exact) mass is 369 g/mol. The fraction of sp³-hybridized carbons (Fsp3) is 0.476. The van der Waals surface area contributed by atoms with E-state index in [1.165, 1.54) is 0 Å². The number of aliphatic hydroxyl groups excluding tert-OH is 1. The van der Waals surface area contributed by atoms with E-state index in [-0.39, 0.29) is 5.56 Å². The molecule has 1 aromatic carbocycles. The first-order chi connectivity index (χ1) is 13.1. The summed E-state index contributed by atoms with van der Waals surface area (Å²) in [4.78, 5) is 14.5. The van der Waals surface area contributed by atoms with Crippen molar-refractivity contribution in [2.75, 3.05) is 38.6 Å². The Bertz CT molecular complexity index is 851. The van der Waals surface area contributed by atoms with Crippen molar-refractivity contribution < 1.29 is 9.84 Å². The van der Waals surface area contributed by atoms with Gasteiger partial charge in [0.15, 0.2) is 0 Å². The number of hydrogen-bond acceptors (Lipinski definition) is 5. The maximum atomic E-state index is 12.1. The molecule has 27 heavy (non-hydrogen) atoms. The third kappa shape index (κ3) is 3.87. The Hall–Kier alpha value is -2.31. The van der Waals surface area contributed by atoms with Crippen LogP contribution in [0.4, 0.5) is 5.69 Å². The molecule has 3 atom stereocenters. The van der Waals surface area contributed by atoms with Crippen molar-refractivity contribution in [3.8, 4) is 5.75 Å². The first kappa shape index (κ1) is 18.1. The summed E-state index contributed by atoms with van der Waals surface area (Å²) in [6, 6.07) is 13.3. The quantitative estimate of drug-likeness (QED) is 0.812. The highest BCUT2D eigenvalue weighted by Gasteiger charge is 2.34. The van der Waals surface area contributed by atoms with Gasteiger partial charge in [0.05, 0.1) is 18.9 Å². The zero-order valence-corrected chi connectivity index (χ0v) is 15.7. The van der Waals surface area contributed by atoms with Crippen LogP contribution in [-0.4, -0.2) is 54.0 Å². The number of aromatic nitrogens is 1. The minimum absolute atomic E-state index is 0.108. The Morgan fingerprint density at radius 1 is 1.19 bits per heavy atom.